The zero-order valence-electron chi connectivity index (χ0n) is 11.7. The summed E-state index contributed by atoms with van der Waals surface area (Å²) >= 11 is 1.28. The smallest absolute Gasteiger partial charge is 0.266 e. The third kappa shape index (κ3) is 2.44. The minimum absolute atomic E-state index is 0.0429. The van der Waals surface area contributed by atoms with Crippen LogP contribution in [0, 0.1) is 0 Å². The molecule has 1 saturated heterocycles. The Kier molecular flexibility index (Phi) is 3.50. The first-order valence-corrected chi connectivity index (χ1v) is 7.56. The summed E-state index contributed by atoms with van der Waals surface area (Å²) in [6, 6.07) is 3.65. The van der Waals surface area contributed by atoms with E-state index in [9.17, 15) is 9.59 Å². The maximum Gasteiger partial charge on any atom is 0.266 e. The van der Waals surface area contributed by atoms with Crippen molar-refractivity contribution in [2.75, 3.05) is 32.4 Å². The number of fused-ring (bicyclic) bond motifs is 1. The van der Waals surface area contributed by atoms with Crippen molar-refractivity contribution in [3.63, 3.8) is 0 Å². The summed E-state index contributed by atoms with van der Waals surface area (Å²) < 4.78 is 0. The maximum absolute atomic E-state index is 12.7. The Morgan fingerprint density at radius 1 is 1.43 bits per heavy atom. The molecule has 1 fully saturated rings. The fraction of sp³-hybridized carbons (Fsp3) is 0.357. The number of likely N-dealkylation sites (N-methyl/N-ethyl adjacent to an activating group) is 1. The van der Waals surface area contributed by atoms with Crippen LogP contribution in [-0.4, -0.2) is 53.3 Å². The fourth-order valence-electron chi connectivity index (χ4n) is 2.41. The van der Waals surface area contributed by atoms with Gasteiger partial charge in [-0.2, -0.15) is 0 Å². The third-order valence-electron chi connectivity index (χ3n) is 3.66. The van der Waals surface area contributed by atoms with Crippen LogP contribution < -0.4 is 5.73 Å². The van der Waals surface area contributed by atoms with Crippen LogP contribution in [0.3, 0.4) is 0 Å². The van der Waals surface area contributed by atoms with Crippen LogP contribution in [0.2, 0.25) is 0 Å². The first kappa shape index (κ1) is 13.8. The number of carbonyl (C=O) groups excluding carboxylic acids is 2. The molecule has 6 nitrogen and oxygen atoms in total. The molecule has 0 saturated carbocycles. The summed E-state index contributed by atoms with van der Waals surface area (Å²) in [7, 11) is 1.76. The van der Waals surface area contributed by atoms with Crippen LogP contribution in [0.15, 0.2) is 18.3 Å². The minimum atomic E-state index is -0.181. The molecule has 0 radical (unpaired) electrons. The first-order valence-electron chi connectivity index (χ1n) is 6.74. The highest BCUT2D eigenvalue weighted by atomic mass is 32.1. The number of thiophene rings is 1. The molecule has 2 aromatic rings. The normalized spacial score (nSPS) is 16.3. The molecule has 2 aromatic heterocycles. The van der Waals surface area contributed by atoms with Gasteiger partial charge in [0.15, 0.2) is 0 Å². The average molecular weight is 304 g/mol. The predicted molar refractivity (Wildman–Crippen MR) is 82.2 cm³/mol. The van der Waals surface area contributed by atoms with E-state index in [1.165, 1.54) is 11.3 Å². The Bertz CT molecular complexity index is 712. The van der Waals surface area contributed by atoms with E-state index < -0.39 is 0 Å². The van der Waals surface area contributed by atoms with Gasteiger partial charge < -0.3 is 15.5 Å². The van der Waals surface area contributed by atoms with Crippen LogP contribution in [0.25, 0.3) is 10.2 Å². The van der Waals surface area contributed by atoms with Gasteiger partial charge in [0.1, 0.15) is 16.3 Å². The van der Waals surface area contributed by atoms with E-state index in [4.69, 9.17) is 5.73 Å². The highest BCUT2D eigenvalue weighted by Gasteiger charge is 2.27. The van der Waals surface area contributed by atoms with Crippen LogP contribution in [0.1, 0.15) is 16.1 Å². The lowest BCUT2D eigenvalue weighted by molar-refractivity contribution is -0.129. The lowest BCUT2D eigenvalue weighted by atomic mass is 10.2. The number of hydrogen-bond donors (Lipinski definition) is 1. The number of nitrogen functional groups attached to an aromatic ring is 1. The van der Waals surface area contributed by atoms with Crippen molar-refractivity contribution in [2.45, 2.75) is 6.42 Å². The number of hydrogen-bond acceptors (Lipinski definition) is 5. The molecule has 2 amide bonds. The zero-order valence-corrected chi connectivity index (χ0v) is 12.5. The molecule has 7 heteroatoms. The molecule has 0 spiro atoms. The van der Waals surface area contributed by atoms with E-state index in [0.717, 1.165) is 16.6 Å². The number of nitrogens with zero attached hydrogens (tertiary/aromatic N) is 3. The Morgan fingerprint density at radius 2 is 2.24 bits per heavy atom. The number of anilines is 1. The Hall–Kier alpha value is -2.15. The van der Waals surface area contributed by atoms with Crippen molar-refractivity contribution >= 4 is 39.1 Å². The van der Waals surface area contributed by atoms with Gasteiger partial charge in [0, 0.05) is 31.7 Å². The van der Waals surface area contributed by atoms with Crippen molar-refractivity contribution in [2.24, 2.45) is 0 Å². The predicted octanol–water partition coefficient (Wildman–Crippen LogP) is 1.18. The Morgan fingerprint density at radius 3 is 3.00 bits per heavy atom. The van der Waals surface area contributed by atoms with E-state index in [0.29, 0.717) is 23.7 Å². The molecule has 1 aliphatic heterocycles. The lowest BCUT2D eigenvalue weighted by Gasteiger charge is -2.19. The summed E-state index contributed by atoms with van der Waals surface area (Å²) in [4.78, 5) is 33.2. The molecular weight excluding hydrogens is 288 g/mol. The van der Waals surface area contributed by atoms with E-state index in [-0.39, 0.29) is 18.4 Å². The van der Waals surface area contributed by atoms with Gasteiger partial charge >= 0.3 is 0 Å². The molecule has 1 aliphatic rings. The molecule has 0 bridgehead atoms. The van der Waals surface area contributed by atoms with Crippen LogP contribution in [0.4, 0.5) is 5.69 Å². The maximum atomic E-state index is 12.7. The van der Waals surface area contributed by atoms with Gasteiger partial charge in [-0.1, -0.05) is 0 Å². The molecule has 2 N–H and O–H groups in total. The van der Waals surface area contributed by atoms with Gasteiger partial charge in [-0.15, -0.1) is 11.3 Å². The second kappa shape index (κ2) is 5.33. The van der Waals surface area contributed by atoms with Crippen molar-refractivity contribution in [3.05, 3.63) is 23.2 Å². The standard InChI is InChI=1S/C14H16N4O2S/c1-17-6-3-7-18(8-10(17)19)14(20)12-11(15)9-4-2-5-16-13(9)21-12/h2,4-5H,3,6-8,15H2,1H3. The quantitative estimate of drug-likeness (QED) is 0.858. The number of aromatic nitrogens is 1. The molecule has 0 aromatic carbocycles. The monoisotopic (exact) mass is 304 g/mol. The molecule has 110 valence electrons. The average Bonchev–Trinajstić information content (AvgIpc) is 2.72. The van der Waals surface area contributed by atoms with Crippen LogP contribution in [0.5, 0.6) is 0 Å². The van der Waals surface area contributed by atoms with Gasteiger partial charge in [-0.05, 0) is 18.6 Å². The van der Waals surface area contributed by atoms with E-state index in [1.54, 1.807) is 29.1 Å². The number of carbonyl (C=O) groups is 2. The van der Waals surface area contributed by atoms with Gasteiger partial charge in [-0.25, -0.2) is 4.98 Å². The molecule has 0 aliphatic carbocycles. The van der Waals surface area contributed by atoms with E-state index >= 15 is 0 Å². The molecule has 21 heavy (non-hydrogen) atoms. The van der Waals surface area contributed by atoms with E-state index in [1.807, 2.05) is 6.07 Å². The molecule has 3 heterocycles. The highest BCUT2D eigenvalue weighted by molar-refractivity contribution is 7.21. The van der Waals surface area contributed by atoms with Crippen molar-refractivity contribution in [1.29, 1.82) is 0 Å². The lowest BCUT2D eigenvalue weighted by Crippen LogP contribution is -2.37. The number of rotatable bonds is 1. The molecule has 0 unspecified atom stereocenters. The van der Waals surface area contributed by atoms with Gasteiger partial charge in [0.05, 0.1) is 5.69 Å². The minimum Gasteiger partial charge on any atom is -0.397 e. The molecule has 0 atom stereocenters. The second-order valence-electron chi connectivity index (χ2n) is 5.10. The second-order valence-corrected chi connectivity index (χ2v) is 6.10. The third-order valence-corrected chi connectivity index (χ3v) is 4.78. The number of amides is 2. The largest absolute Gasteiger partial charge is 0.397 e. The fourth-order valence-corrected chi connectivity index (χ4v) is 3.44. The van der Waals surface area contributed by atoms with Crippen LogP contribution in [-0.2, 0) is 4.79 Å². The summed E-state index contributed by atoms with van der Waals surface area (Å²) in [5.41, 5.74) is 6.53. The molecular formula is C14H16N4O2S. The van der Waals surface area contributed by atoms with Crippen LogP contribution >= 0.6 is 11.3 Å². The summed E-state index contributed by atoms with van der Waals surface area (Å²) in [6.45, 7) is 1.35. The number of pyridine rings is 1. The SMILES string of the molecule is CN1CCCN(C(=O)c2sc3ncccc3c2N)CC1=O. The summed E-state index contributed by atoms with van der Waals surface area (Å²) in [5, 5.41) is 0.795. The van der Waals surface area contributed by atoms with Gasteiger partial charge in [-0.3, -0.25) is 9.59 Å². The topological polar surface area (TPSA) is 79.5 Å². The number of nitrogens with two attached hydrogens (primary N) is 1. The highest BCUT2D eigenvalue weighted by Crippen LogP contribution is 2.33. The van der Waals surface area contributed by atoms with E-state index in [2.05, 4.69) is 4.98 Å². The molecule has 3 rings (SSSR count). The van der Waals surface area contributed by atoms with Crippen molar-refractivity contribution in [3.8, 4) is 0 Å². The Balaban J connectivity index is 1.93. The van der Waals surface area contributed by atoms with Crippen molar-refractivity contribution < 1.29 is 9.59 Å². The zero-order chi connectivity index (χ0) is 15.0. The Labute approximate surface area is 126 Å². The first-order chi connectivity index (χ1) is 10.1. The summed E-state index contributed by atoms with van der Waals surface area (Å²) in [6.07, 6.45) is 2.45. The van der Waals surface area contributed by atoms with Gasteiger partial charge in [0.2, 0.25) is 5.91 Å². The summed E-state index contributed by atoms with van der Waals surface area (Å²) in [5.74, 6) is -0.224. The van der Waals surface area contributed by atoms with Gasteiger partial charge in [0.25, 0.3) is 5.91 Å². The van der Waals surface area contributed by atoms with Crippen molar-refractivity contribution in [1.82, 2.24) is 14.8 Å².